The zero-order chi connectivity index (χ0) is 30.2. The minimum absolute atomic E-state index is 0.307. The van der Waals surface area contributed by atoms with Gasteiger partial charge >= 0.3 is 6.09 Å². The molecule has 2 N–H and O–H groups in total. The van der Waals surface area contributed by atoms with Crippen LogP contribution in [0.15, 0.2) is 60.7 Å². The number of nitrogens with zero attached hydrogens (tertiary/aromatic N) is 1. The molecule has 41 heavy (non-hydrogen) atoms. The molecule has 220 valence electrons. The van der Waals surface area contributed by atoms with Gasteiger partial charge in [-0.25, -0.2) is 4.79 Å². The molecule has 2 unspecified atom stereocenters. The number of unbranched alkanes of at least 4 members (excludes halogenated alkanes) is 3. The van der Waals surface area contributed by atoms with Crippen molar-refractivity contribution in [3.8, 4) is 0 Å². The molecule has 0 radical (unpaired) electrons. The minimum atomic E-state index is -0.892. The van der Waals surface area contributed by atoms with Gasteiger partial charge in [0, 0.05) is 12.2 Å². The highest BCUT2D eigenvalue weighted by Gasteiger charge is 2.35. The van der Waals surface area contributed by atoms with Crippen molar-refractivity contribution in [1.82, 2.24) is 10.2 Å². The Morgan fingerprint density at radius 2 is 1.54 bits per heavy atom. The molecule has 3 aromatic rings. The topological polar surface area (TPSA) is 87.7 Å². The van der Waals surface area contributed by atoms with Crippen LogP contribution in [0.1, 0.15) is 83.0 Å². The summed E-state index contributed by atoms with van der Waals surface area (Å²) in [5, 5.41) is 7.83. The van der Waals surface area contributed by atoms with Crippen molar-refractivity contribution < 1.29 is 19.1 Å². The molecule has 7 nitrogen and oxygen atoms in total. The lowest BCUT2D eigenvalue weighted by atomic mass is 9.98. The molecule has 0 aliphatic heterocycles. The van der Waals surface area contributed by atoms with Gasteiger partial charge in [-0.05, 0) is 76.4 Å². The van der Waals surface area contributed by atoms with Gasteiger partial charge in [0.1, 0.15) is 17.7 Å². The summed E-state index contributed by atoms with van der Waals surface area (Å²) in [7, 11) is 0. The lowest BCUT2D eigenvalue weighted by Crippen LogP contribution is -2.51. The third kappa shape index (κ3) is 9.34. The number of ether oxygens (including phenoxy) is 1. The minimum Gasteiger partial charge on any atom is -0.444 e. The third-order valence-corrected chi connectivity index (χ3v) is 6.78. The van der Waals surface area contributed by atoms with Crippen LogP contribution in [0.5, 0.6) is 0 Å². The van der Waals surface area contributed by atoms with E-state index in [4.69, 9.17) is 4.74 Å². The van der Waals surface area contributed by atoms with Gasteiger partial charge in [0.25, 0.3) is 5.91 Å². The molecule has 2 atom stereocenters. The molecule has 0 saturated carbocycles. The van der Waals surface area contributed by atoms with Crippen LogP contribution in [0.4, 0.5) is 10.5 Å². The molecule has 3 aromatic carbocycles. The lowest BCUT2D eigenvalue weighted by Gasteiger charge is -2.34. The molecule has 0 bridgehead atoms. The maximum Gasteiger partial charge on any atom is 0.408 e. The SMILES string of the molecule is CCCCCCN(C(=O)C(C)NC(=O)OC(C)(C)C)C(C(=O)Nc1ccc2ccccc2c1)c1cc(C)cc(C)c1. The number of nitrogens with one attached hydrogen (secondary N) is 2. The Kier molecular flexibility index (Phi) is 10.9. The zero-order valence-electron chi connectivity index (χ0n) is 25.5. The summed E-state index contributed by atoms with van der Waals surface area (Å²) in [6.07, 6.45) is 3.08. The fourth-order valence-electron chi connectivity index (χ4n) is 4.99. The number of fused-ring (bicyclic) bond motifs is 1. The van der Waals surface area contributed by atoms with Gasteiger partial charge in [-0.2, -0.15) is 0 Å². The Bertz CT molecular complexity index is 1340. The maximum absolute atomic E-state index is 14.1. The van der Waals surface area contributed by atoms with Gasteiger partial charge in [-0.3, -0.25) is 9.59 Å². The first kappa shape index (κ1) is 31.7. The van der Waals surface area contributed by atoms with Crippen molar-refractivity contribution in [3.63, 3.8) is 0 Å². The number of hydrogen-bond donors (Lipinski definition) is 2. The number of carbonyl (C=O) groups is 3. The molecular formula is C34H45N3O4. The lowest BCUT2D eigenvalue weighted by molar-refractivity contribution is -0.140. The fraction of sp³-hybridized carbons (Fsp3) is 0.441. The maximum atomic E-state index is 14.1. The van der Waals surface area contributed by atoms with E-state index < -0.39 is 23.8 Å². The number of benzene rings is 3. The summed E-state index contributed by atoms with van der Waals surface area (Å²) in [6.45, 7) is 13.4. The number of alkyl carbamates (subject to hydrolysis) is 1. The van der Waals surface area contributed by atoms with Gasteiger partial charge in [0.05, 0.1) is 0 Å². The van der Waals surface area contributed by atoms with Crippen molar-refractivity contribution in [1.29, 1.82) is 0 Å². The van der Waals surface area contributed by atoms with Crippen molar-refractivity contribution in [2.75, 3.05) is 11.9 Å². The van der Waals surface area contributed by atoms with E-state index in [9.17, 15) is 14.4 Å². The molecule has 0 aromatic heterocycles. The zero-order valence-corrected chi connectivity index (χ0v) is 25.5. The van der Waals surface area contributed by atoms with E-state index in [-0.39, 0.29) is 11.8 Å². The number of amides is 3. The van der Waals surface area contributed by atoms with Gasteiger partial charge in [-0.15, -0.1) is 0 Å². The summed E-state index contributed by atoms with van der Waals surface area (Å²) in [6, 6.07) is 17.9. The number of rotatable bonds is 11. The normalized spacial score (nSPS) is 12.9. The molecule has 3 amide bonds. The number of hydrogen-bond acceptors (Lipinski definition) is 4. The molecule has 0 aliphatic rings. The van der Waals surface area contributed by atoms with Crippen LogP contribution in [-0.4, -0.2) is 41.0 Å². The predicted molar refractivity (Wildman–Crippen MR) is 166 cm³/mol. The Morgan fingerprint density at radius 3 is 2.17 bits per heavy atom. The van der Waals surface area contributed by atoms with E-state index in [1.165, 1.54) is 0 Å². The van der Waals surface area contributed by atoms with Gasteiger partial charge in [-0.1, -0.05) is 85.8 Å². The summed E-state index contributed by atoms with van der Waals surface area (Å²) < 4.78 is 5.39. The smallest absolute Gasteiger partial charge is 0.408 e. The standard InChI is InChI=1S/C34H45N3O4/c1-8-9-10-13-18-37(32(39)25(4)35-33(40)41-34(5,6)7)30(28-20-23(2)19-24(3)21-28)31(38)36-29-17-16-26-14-11-12-15-27(26)22-29/h11-12,14-17,19-22,25,30H,8-10,13,18H2,1-7H3,(H,35,40)(H,36,38). The van der Waals surface area contributed by atoms with Crippen LogP contribution in [0, 0.1) is 13.8 Å². The number of anilines is 1. The van der Waals surface area contributed by atoms with Gasteiger partial charge in [0.2, 0.25) is 5.91 Å². The summed E-state index contributed by atoms with van der Waals surface area (Å²) in [4.78, 5) is 42.3. The predicted octanol–water partition coefficient (Wildman–Crippen LogP) is 7.46. The molecule has 3 rings (SSSR count). The second-order valence-electron chi connectivity index (χ2n) is 11.8. The first-order valence-corrected chi connectivity index (χ1v) is 14.6. The summed E-state index contributed by atoms with van der Waals surface area (Å²) in [5.41, 5.74) is 2.69. The number of carbonyl (C=O) groups excluding carboxylic acids is 3. The highest BCUT2D eigenvalue weighted by Crippen LogP contribution is 2.28. The average molecular weight is 560 g/mol. The number of aryl methyl sites for hydroxylation is 2. The van der Waals surface area contributed by atoms with E-state index in [1.54, 1.807) is 32.6 Å². The van der Waals surface area contributed by atoms with E-state index in [0.29, 0.717) is 12.2 Å². The fourth-order valence-corrected chi connectivity index (χ4v) is 4.99. The Hall–Kier alpha value is -3.87. The van der Waals surface area contributed by atoms with Crippen LogP contribution in [0.2, 0.25) is 0 Å². The molecule has 0 fully saturated rings. The molecular weight excluding hydrogens is 514 g/mol. The van der Waals surface area contributed by atoms with E-state index in [2.05, 4.69) is 17.6 Å². The van der Waals surface area contributed by atoms with Crippen molar-refractivity contribution in [3.05, 3.63) is 77.4 Å². The Labute approximate surface area is 244 Å². The second kappa shape index (κ2) is 14.2. The third-order valence-electron chi connectivity index (χ3n) is 6.78. The molecule has 0 heterocycles. The summed E-state index contributed by atoms with van der Waals surface area (Å²) >= 11 is 0. The van der Waals surface area contributed by atoms with Crippen LogP contribution in [0.25, 0.3) is 10.8 Å². The molecule has 0 aliphatic carbocycles. The van der Waals surface area contributed by atoms with E-state index >= 15 is 0 Å². The first-order valence-electron chi connectivity index (χ1n) is 14.6. The quantitative estimate of drug-likeness (QED) is 0.239. The van der Waals surface area contributed by atoms with Crippen molar-refractivity contribution in [2.45, 2.75) is 91.8 Å². The first-order chi connectivity index (χ1) is 19.4. The average Bonchev–Trinajstić information content (AvgIpc) is 2.88. The van der Waals surface area contributed by atoms with Crippen LogP contribution in [0.3, 0.4) is 0 Å². The molecule has 0 spiro atoms. The summed E-state index contributed by atoms with van der Waals surface area (Å²) in [5.74, 6) is -0.649. The monoisotopic (exact) mass is 559 g/mol. The highest BCUT2D eigenvalue weighted by molar-refractivity contribution is 6.00. The highest BCUT2D eigenvalue weighted by atomic mass is 16.6. The molecule has 0 saturated heterocycles. The second-order valence-corrected chi connectivity index (χ2v) is 11.8. The van der Waals surface area contributed by atoms with Crippen LogP contribution in [-0.2, 0) is 14.3 Å². The Morgan fingerprint density at radius 1 is 0.878 bits per heavy atom. The van der Waals surface area contributed by atoms with E-state index in [0.717, 1.165) is 53.1 Å². The van der Waals surface area contributed by atoms with E-state index in [1.807, 2.05) is 74.5 Å². The largest absolute Gasteiger partial charge is 0.444 e. The Balaban J connectivity index is 1.99. The van der Waals surface area contributed by atoms with Crippen LogP contribution < -0.4 is 10.6 Å². The van der Waals surface area contributed by atoms with Crippen molar-refractivity contribution >= 4 is 34.4 Å². The molecule has 7 heteroatoms. The van der Waals surface area contributed by atoms with Gasteiger partial charge < -0.3 is 20.3 Å². The van der Waals surface area contributed by atoms with Crippen molar-refractivity contribution in [2.24, 2.45) is 0 Å². The van der Waals surface area contributed by atoms with Gasteiger partial charge in [0.15, 0.2) is 0 Å². The van der Waals surface area contributed by atoms with Crippen LogP contribution >= 0.6 is 0 Å².